The lowest BCUT2D eigenvalue weighted by molar-refractivity contribution is -0.199. The molecule has 3 rings (SSSR count). The van der Waals surface area contributed by atoms with Gasteiger partial charge in [-0.15, -0.1) is 0 Å². The van der Waals surface area contributed by atoms with E-state index in [1.165, 1.54) is 4.90 Å². The zero-order valence-corrected chi connectivity index (χ0v) is 10.4. The summed E-state index contributed by atoms with van der Waals surface area (Å²) in [6.45, 7) is 0.0831. The number of piperidine rings is 1. The molecular formula is C14H17NO4. The van der Waals surface area contributed by atoms with Crippen LogP contribution in [0.25, 0.3) is 0 Å². The molecule has 0 spiro atoms. The van der Waals surface area contributed by atoms with Crippen molar-refractivity contribution >= 4 is 5.91 Å². The Morgan fingerprint density at radius 1 is 1.21 bits per heavy atom. The molecule has 19 heavy (non-hydrogen) atoms. The molecule has 5 heteroatoms. The summed E-state index contributed by atoms with van der Waals surface area (Å²) in [7, 11) is 0. The van der Waals surface area contributed by atoms with Crippen molar-refractivity contribution < 1.29 is 20.1 Å². The molecule has 1 aromatic carbocycles. The molecule has 102 valence electrons. The van der Waals surface area contributed by atoms with E-state index in [2.05, 4.69) is 0 Å². The van der Waals surface area contributed by atoms with Gasteiger partial charge in [0.25, 0.3) is 0 Å². The monoisotopic (exact) mass is 263 g/mol. The van der Waals surface area contributed by atoms with Gasteiger partial charge in [-0.3, -0.25) is 4.79 Å². The van der Waals surface area contributed by atoms with E-state index in [4.69, 9.17) is 0 Å². The van der Waals surface area contributed by atoms with Gasteiger partial charge < -0.3 is 20.2 Å². The Balaban J connectivity index is 2.08. The lowest BCUT2D eigenvalue weighted by atomic mass is 9.75. The molecule has 0 aromatic heterocycles. The summed E-state index contributed by atoms with van der Waals surface area (Å²) in [5.74, 6) is -0.0784. The Hall–Kier alpha value is -1.43. The predicted molar refractivity (Wildman–Crippen MR) is 67.1 cm³/mol. The average Bonchev–Trinajstić information content (AvgIpc) is 2.79. The highest BCUT2D eigenvalue weighted by Gasteiger charge is 2.57. The number of amides is 1. The van der Waals surface area contributed by atoms with Crippen LogP contribution in [0.15, 0.2) is 30.3 Å². The third kappa shape index (κ3) is 1.69. The van der Waals surface area contributed by atoms with E-state index in [0.717, 1.165) is 0 Å². The SMILES string of the molecule is O=C1CC[C@H]2N1C[C@H](O)[C@H](O)[C@@]2(O)c1ccccc1. The second-order valence-corrected chi connectivity index (χ2v) is 5.30. The van der Waals surface area contributed by atoms with Crippen molar-refractivity contribution in [1.29, 1.82) is 0 Å². The molecular weight excluding hydrogens is 246 g/mol. The molecule has 3 N–H and O–H groups in total. The summed E-state index contributed by atoms with van der Waals surface area (Å²) in [6, 6.07) is 8.30. The number of carbonyl (C=O) groups excluding carboxylic acids is 1. The topological polar surface area (TPSA) is 81.0 Å². The average molecular weight is 263 g/mol. The molecule has 0 aliphatic carbocycles. The van der Waals surface area contributed by atoms with Crippen LogP contribution in [-0.4, -0.2) is 50.9 Å². The minimum Gasteiger partial charge on any atom is -0.388 e. The zero-order valence-electron chi connectivity index (χ0n) is 10.4. The normalized spacial score (nSPS) is 38.4. The van der Waals surface area contributed by atoms with Gasteiger partial charge in [0, 0.05) is 13.0 Å². The van der Waals surface area contributed by atoms with Crippen LogP contribution in [0.1, 0.15) is 18.4 Å². The number of fused-ring (bicyclic) bond motifs is 1. The largest absolute Gasteiger partial charge is 0.388 e. The van der Waals surface area contributed by atoms with Crippen molar-refractivity contribution in [1.82, 2.24) is 4.90 Å². The summed E-state index contributed by atoms with van der Waals surface area (Å²) in [4.78, 5) is 13.3. The molecule has 2 aliphatic heterocycles. The first-order valence-electron chi connectivity index (χ1n) is 6.48. The smallest absolute Gasteiger partial charge is 0.223 e. The van der Waals surface area contributed by atoms with Crippen LogP contribution in [-0.2, 0) is 10.4 Å². The van der Waals surface area contributed by atoms with Crippen LogP contribution in [0.5, 0.6) is 0 Å². The molecule has 0 saturated carbocycles. The van der Waals surface area contributed by atoms with Gasteiger partial charge in [-0.2, -0.15) is 0 Å². The fourth-order valence-electron chi connectivity index (χ4n) is 3.28. The second kappa shape index (κ2) is 4.30. The predicted octanol–water partition coefficient (Wildman–Crippen LogP) is -0.399. The third-order valence-corrected chi connectivity index (χ3v) is 4.27. The van der Waals surface area contributed by atoms with Gasteiger partial charge >= 0.3 is 0 Å². The standard InChI is InChI=1S/C14H17NO4/c16-10-8-15-11(6-7-12(15)17)14(19,13(10)18)9-4-2-1-3-5-9/h1-5,10-11,13,16,18-19H,6-8H2/t10-,11+,13-,14+/m0/s1. The quantitative estimate of drug-likeness (QED) is 0.644. The van der Waals surface area contributed by atoms with Crippen LogP contribution in [0, 0.1) is 0 Å². The highest BCUT2D eigenvalue weighted by molar-refractivity contribution is 5.79. The van der Waals surface area contributed by atoms with E-state index in [1.807, 2.05) is 6.07 Å². The molecule has 1 amide bonds. The minimum absolute atomic E-state index is 0.0784. The second-order valence-electron chi connectivity index (χ2n) is 5.30. The molecule has 5 nitrogen and oxygen atoms in total. The highest BCUT2D eigenvalue weighted by atomic mass is 16.4. The fourth-order valence-corrected chi connectivity index (χ4v) is 3.28. The molecule has 0 radical (unpaired) electrons. The number of hydrogen-bond donors (Lipinski definition) is 3. The maximum atomic E-state index is 11.8. The number of nitrogens with zero attached hydrogens (tertiary/aromatic N) is 1. The van der Waals surface area contributed by atoms with Gasteiger partial charge in [0.2, 0.25) is 5.91 Å². The van der Waals surface area contributed by atoms with Crippen molar-refractivity contribution in [2.45, 2.75) is 36.7 Å². The highest BCUT2D eigenvalue weighted by Crippen LogP contribution is 2.42. The third-order valence-electron chi connectivity index (χ3n) is 4.27. The summed E-state index contributed by atoms with van der Waals surface area (Å²) in [5, 5.41) is 31.1. The number of aliphatic hydroxyl groups excluding tert-OH is 2. The van der Waals surface area contributed by atoms with Gasteiger partial charge in [0.1, 0.15) is 17.8 Å². The summed E-state index contributed by atoms with van der Waals surface area (Å²) in [5.41, 5.74) is -1.07. The number of aliphatic hydroxyl groups is 3. The van der Waals surface area contributed by atoms with E-state index in [0.29, 0.717) is 18.4 Å². The van der Waals surface area contributed by atoms with Crippen LogP contribution >= 0.6 is 0 Å². The molecule has 4 atom stereocenters. The van der Waals surface area contributed by atoms with Crippen LogP contribution in [0.4, 0.5) is 0 Å². The van der Waals surface area contributed by atoms with Gasteiger partial charge in [0.15, 0.2) is 0 Å². The minimum atomic E-state index is -1.61. The van der Waals surface area contributed by atoms with Crippen molar-refractivity contribution in [3.63, 3.8) is 0 Å². The van der Waals surface area contributed by atoms with Crippen LogP contribution in [0.3, 0.4) is 0 Å². The van der Waals surface area contributed by atoms with E-state index < -0.39 is 23.9 Å². The van der Waals surface area contributed by atoms with E-state index in [-0.39, 0.29) is 12.5 Å². The van der Waals surface area contributed by atoms with Gasteiger partial charge in [-0.1, -0.05) is 30.3 Å². The Kier molecular flexibility index (Phi) is 2.85. The lowest BCUT2D eigenvalue weighted by Gasteiger charge is -2.49. The zero-order chi connectivity index (χ0) is 13.6. The van der Waals surface area contributed by atoms with Crippen molar-refractivity contribution in [2.75, 3.05) is 6.54 Å². The number of rotatable bonds is 1. The first-order valence-corrected chi connectivity index (χ1v) is 6.48. The molecule has 2 heterocycles. The summed E-state index contributed by atoms with van der Waals surface area (Å²) >= 11 is 0. The van der Waals surface area contributed by atoms with Crippen molar-refractivity contribution in [3.8, 4) is 0 Å². The Bertz CT molecular complexity index is 491. The molecule has 0 unspecified atom stereocenters. The number of hydrogen-bond acceptors (Lipinski definition) is 4. The van der Waals surface area contributed by atoms with Crippen molar-refractivity contribution in [3.05, 3.63) is 35.9 Å². The molecule has 1 aromatic rings. The van der Waals surface area contributed by atoms with Gasteiger partial charge in [-0.25, -0.2) is 0 Å². The number of carbonyl (C=O) groups is 1. The van der Waals surface area contributed by atoms with Gasteiger partial charge in [0.05, 0.1) is 6.04 Å². The maximum Gasteiger partial charge on any atom is 0.223 e. The Labute approximate surface area is 111 Å². The maximum absolute atomic E-state index is 11.8. The summed E-state index contributed by atoms with van der Waals surface area (Å²) in [6.07, 6.45) is -1.58. The number of benzene rings is 1. The first kappa shape index (κ1) is 12.6. The Morgan fingerprint density at radius 3 is 2.58 bits per heavy atom. The first-order chi connectivity index (χ1) is 9.05. The van der Waals surface area contributed by atoms with E-state index in [1.54, 1.807) is 24.3 Å². The molecule has 2 aliphatic rings. The van der Waals surface area contributed by atoms with Crippen LogP contribution < -0.4 is 0 Å². The molecule has 2 saturated heterocycles. The fraction of sp³-hybridized carbons (Fsp3) is 0.500. The molecule has 2 fully saturated rings. The van der Waals surface area contributed by atoms with Crippen LogP contribution in [0.2, 0.25) is 0 Å². The van der Waals surface area contributed by atoms with Crippen molar-refractivity contribution in [2.24, 2.45) is 0 Å². The van der Waals surface area contributed by atoms with E-state index >= 15 is 0 Å². The Morgan fingerprint density at radius 2 is 1.89 bits per heavy atom. The molecule has 0 bridgehead atoms. The van der Waals surface area contributed by atoms with E-state index in [9.17, 15) is 20.1 Å². The lowest BCUT2D eigenvalue weighted by Crippen LogP contribution is -2.65. The summed E-state index contributed by atoms with van der Waals surface area (Å²) < 4.78 is 0. The van der Waals surface area contributed by atoms with Gasteiger partial charge in [-0.05, 0) is 12.0 Å².